The monoisotopic (exact) mass is 136 g/mol. The molecule has 0 unspecified atom stereocenters. The molecule has 0 aromatic rings. The Bertz CT molecular complexity index is 170. The van der Waals surface area contributed by atoms with Crippen molar-refractivity contribution in [3.05, 3.63) is 23.9 Å². The lowest BCUT2D eigenvalue weighted by Gasteiger charge is -2.21. The minimum Gasteiger partial charge on any atom is -0.380 e. The van der Waals surface area contributed by atoms with Crippen LogP contribution in [0.25, 0.3) is 0 Å². The largest absolute Gasteiger partial charge is 0.380 e. The van der Waals surface area contributed by atoms with E-state index in [4.69, 9.17) is 0 Å². The van der Waals surface area contributed by atoms with Crippen molar-refractivity contribution in [1.29, 1.82) is 0 Å². The number of allylic oxidation sites excluding steroid dienone is 3. The van der Waals surface area contributed by atoms with Gasteiger partial charge in [0.25, 0.3) is 0 Å². The van der Waals surface area contributed by atoms with E-state index >= 15 is 0 Å². The average Bonchev–Trinajstić information content (AvgIpc) is 2.12. The van der Waals surface area contributed by atoms with Crippen molar-refractivity contribution in [2.24, 2.45) is 0 Å². The molecule has 1 aliphatic carbocycles. The Kier molecular flexibility index (Phi) is 1.84. The van der Waals surface area contributed by atoms with Crippen LogP contribution in [0.5, 0.6) is 0 Å². The highest BCUT2D eigenvalue weighted by Crippen LogP contribution is 2.09. The molecule has 1 N–H and O–H groups in total. The van der Waals surface area contributed by atoms with E-state index in [0.29, 0.717) is 0 Å². The first-order chi connectivity index (χ1) is 4.58. The van der Waals surface area contributed by atoms with Gasteiger partial charge in [0.2, 0.25) is 0 Å². The summed E-state index contributed by atoms with van der Waals surface area (Å²) in [4.78, 5) is 0. The molecular weight excluding hydrogens is 122 g/mol. The molecule has 0 aliphatic heterocycles. The average molecular weight is 136 g/mol. The van der Waals surface area contributed by atoms with Crippen molar-refractivity contribution in [1.82, 2.24) is 5.32 Å². The zero-order valence-corrected chi connectivity index (χ0v) is 6.86. The number of nitrogens with one attached hydrogen (secondary N) is 1. The summed E-state index contributed by atoms with van der Waals surface area (Å²) in [5.41, 5.74) is 1.30. The third-order valence-electron chi connectivity index (χ3n) is 1.20. The van der Waals surface area contributed by atoms with Crippen LogP contribution in [0.3, 0.4) is 0 Å². The summed E-state index contributed by atoms with van der Waals surface area (Å²) in [5, 5.41) is 3.34. The van der Waals surface area contributed by atoms with Crippen LogP contribution in [0.1, 0.15) is 27.2 Å². The zero-order valence-electron chi connectivity index (χ0n) is 6.86. The first kappa shape index (κ1) is 7.39. The molecule has 0 saturated carbocycles. The van der Waals surface area contributed by atoms with Gasteiger partial charge >= 0.3 is 0 Å². The fourth-order valence-corrected chi connectivity index (χ4v) is 0.894. The standard InChI is InChI=1S/C9H14N/c1-9(2,3)10-8-6-4-5-7-8/h4,6,10H,5H2,1-3H3. The molecule has 0 amide bonds. The number of hydrogen-bond donors (Lipinski definition) is 1. The maximum atomic E-state index is 3.34. The Hall–Kier alpha value is -0.720. The summed E-state index contributed by atoms with van der Waals surface area (Å²) >= 11 is 0. The van der Waals surface area contributed by atoms with Gasteiger partial charge in [0.05, 0.1) is 0 Å². The molecule has 0 aromatic carbocycles. The molecule has 1 radical (unpaired) electrons. The van der Waals surface area contributed by atoms with Gasteiger partial charge in [0.1, 0.15) is 0 Å². The number of rotatable bonds is 1. The highest BCUT2D eigenvalue weighted by molar-refractivity contribution is 5.21. The summed E-state index contributed by atoms with van der Waals surface area (Å²) in [5.74, 6) is 0. The zero-order chi connectivity index (χ0) is 7.61. The van der Waals surface area contributed by atoms with Crippen LogP contribution in [0.2, 0.25) is 0 Å². The molecule has 1 nitrogen and oxygen atoms in total. The van der Waals surface area contributed by atoms with Gasteiger partial charge in [0.15, 0.2) is 0 Å². The number of hydrogen-bond acceptors (Lipinski definition) is 1. The minimum atomic E-state index is 0.164. The van der Waals surface area contributed by atoms with Gasteiger partial charge in [-0.15, -0.1) is 0 Å². The molecule has 0 bridgehead atoms. The molecule has 0 spiro atoms. The van der Waals surface area contributed by atoms with Crippen molar-refractivity contribution in [3.63, 3.8) is 0 Å². The van der Waals surface area contributed by atoms with E-state index in [0.717, 1.165) is 12.1 Å². The molecule has 0 atom stereocenters. The Morgan fingerprint density at radius 1 is 1.50 bits per heavy atom. The molecule has 55 valence electrons. The van der Waals surface area contributed by atoms with Crippen molar-refractivity contribution in [2.45, 2.75) is 32.7 Å². The van der Waals surface area contributed by atoms with Crippen molar-refractivity contribution < 1.29 is 0 Å². The van der Waals surface area contributed by atoms with Gasteiger partial charge in [-0.25, -0.2) is 0 Å². The van der Waals surface area contributed by atoms with Crippen LogP contribution < -0.4 is 5.32 Å². The second-order valence-electron chi connectivity index (χ2n) is 3.57. The van der Waals surface area contributed by atoms with Crippen LogP contribution >= 0.6 is 0 Å². The predicted molar refractivity (Wildman–Crippen MR) is 43.4 cm³/mol. The van der Waals surface area contributed by atoms with Gasteiger partial charge in [0, 0.05) is 11.2 Å². The fourth-order valence-electron chi connectivity index (χ4n) is 0.894. The van der Waals surface area contributed by atoms with Gasteiger partial charge in [-0.2, -0.15) is 0 Å². The lowest BCUT2D eigenvalue weighted by atomic mass is 10.1. The normalized spacial score (nSPS) is 17.3. The third kappa shape index (κ3) is 2.26. The summed E-state index contributed by atoms with van der Waals surface area (Å²) in [7, 11) is 0. The van der Waals surface area contributed by atoms with Gasteiger partial charge < -0.3 is 5.32 Å². The lowest BCUT2D eigenvalue weighted by molar-refractivity contribution is 0.479. The van der Waals surface area contributed by atoms with E-state index < -0.39 is 0 Å². The second kappa shape index (κ2) is 2.49. The minimum absolute atomic E-state index is 0.164. The van der Waals surface area contributed by atoms with E-state index in [-0.39, 0.29) is 5.54 Å². The first-order valence-electron chi connectivity index (χ1n) is 3.63. The Morgan fingerprint density at radius 2 is 2.20 bits per heavy atom. The summed E-state index contributed by atoms with van der Waals surface area (Å²) in [6, 6.07) is 0. The topological polar surface area (TPSA) is 12.0 Å². The van der Waals surface area contributed by atoms with Gasteiger partial charge in [-0.3, -0.25) is 0 Å². The van der Waals surface area contributed by atoms with E-state index in [1.165, 1.54) is 0 Å². The molecule has 0 aromatic heterocycles. The molecule has 1 rings (SSSR count). The second-order valence-corrected chi connectivity index (χ2v) is 3.57. The van der Waals surface area contributed by atoms with Crippen LogP contribution in [-0.4, -0.2) is 5.54 Å². The van der Waals surface area contributed by atoms with Crippen molar-refractivity contribution >= 4 is 0 Å². The molecule has 0 saturated heterocycles. The molecule has 1 aliphatic rings. The summed E-state index contributed by atoms with van der Waals surface area (Å²) < 4.78 is 0. The lowest BCUT2D eigenvalue weighted by Crippen LogP contribution is -2.34. The van der Waals surface area contributed by atoms with Crippen molar-refractivity contribution in [3.8, 4) is 0 Å². The SMILES string of the molecule is CC(C)(C)NC1=[C]CC=C1. The quantitative estimate of drug-likeness (QED) is 0.581. The first-order valence-corrected chi connectivity index (χ1v) is 3.63. The molecular formula is C9H14N. The molecule has 0 heterocycles. The van der Waals surface area contributed by atoms with E-state index in [1.54, 1.807) is 0 Å². The maximum absolute atomic E-state index is 3.34. The Balaban J connectivity index is 2.46. The third-order valence-corrected chi connectivity index (χ3v) is 1.20. The molecule has 0 fully saturated rings. The highest BCUT2D eigenvalue weighted by Gasteiger charge is 2.10. The van der Waals surface area contributed by atoms with Crippen LogP contribution in [0.15, 0.2) is 17.8 Å². The van der Waals surface area contributed by atoms with Crippen molar-refractivity contribution in [2.75, 3.05) is 0 Å². The smallest absolute Gasteiger partial charge is 0.0380 e. The Labute approximate surface area is 62.8 Å². The Morgan fingerprint density at radius 3 is 2.60 bits per heavy atom. The van der Waals surface area contributed by atoms with E-state index in [2.05, 4.69) is 44.3 Å². The predicted octanol–water partition coefficient (Wildman–Crippen LogP) is 2.02. The van der Waals surface area contributed by atoms with E-state index in [1.807, 2.05) is 0 Å². The van der Waals surface area contributed by atoms with Crippen LogP contribution in [0.4, 0.5) is 0 Å². The fraction of sp³-hybridized carbons (Fsp3) is 0.556. The summed E-state index contributed by atoms with van der Waals surface area (Å²) in [6.07, 6.45) is 8.34. The molecule has 10 heavy (non-hydrogen) atoms. The van der Waals surface area contributed by atoms with Gasteiger partial charge in [-0.05, 0) is 39.3 Å². The van der Waals surface area contributed by atoms with Crippen LogP contribution in [0, 0.1) is 6.08 Å². The summed E-state index contributed by atoms with van der Waals surface area (Å²) in [6.45, 7) is 6.44. The maximum Gasteiger partial charge on any atom is 0.0380 e. The highest BCUT2D eigenvalue weighted by atomic mass is 15.0. The van der Waals surface area contributed by atoms with Crippen LogP contribution in [-0.2, 0) is 0 Å². The van der Waals surface area contributed by atoms with Gasteiger partial charge in [-0.1, -0.05) is 6.08 Å². The molecule has 1 heteroatoms. The van der Waals surface area contributed by atoms with E-state index in [9.17, 15) is 0 Å².